The first-order valence-corrected chi connectivity index (χ1v) is 10.7. The van der Waals surface area contributed by atoms with Gasteiger partial charge in [0.25, 0.3) is 0 Å². The van der Waals surface area contributed by atoms with Crippen LogP contribution in [0.1, 0.15) is 42.3 Å². The van der Waals surface area contributed by atoms with Crippen molar-refractivity contribution in [2.75, 3.05) is 0 Å². The molecule has 0 unspecified atom stereocenters. The summed E-state index contributed by atoms with van der Waals surface area (Å²) < 4.78 is 11.1. The third-order valence-electron chi connectivity index (χ3n) is 5.47. The van der Waals surface area contributed by atoms with E-state index < -0.39 is 11.6 Å². The first kappa shape index (κ1) is 21.8. The van der Waals surface area contributed by atoms with Crippen molar-refractivity contribution >= 4 is 28.5 Å². The fourth-order valence-electron chi connectivity index (χ4n) is 3.62. The summed E-state index contributed by atoms with van der Waals surface area (Å²) in [5, 5.41) is 1.36. The molecule has 0 atom stereocenters. The second kappa shape index (κ2) is 8.29. The third-order valence-corrected chi connectivity index (χ3v) is 5.72. The van der Waals surface area contributed by atoms with Crippen LogP contribution in [0.4, 0.5) is 0 Å². The lowest BCUT2D eigenvalue weighted by molar-refractivity contribution is 0.0735. The van der Waals surface area contributed by atoms with Crippen molar-refractivity contribution < 1.29 is 13.9 Å². The van der Waals surface area contributed by atoms with Crippen molar-refractivity contribution in [3.05, 3.63) is 98.9 Å². The lowest BCUT2D eigenvalue weighted by Crippen LogP contribution is -2.13. The number of fused-ring (bicyclic) bond motifs is 1. The Kier molecular flexibility index (Phi) is 5.66. The molecule has 1 heterocycles. The van der Waals surface area contributed by atoms with E-state index in [0.717, 1.165) is 22.1 Å². The minimum Gasteiger partial charge on any atom is -0.423 e. The molecule has 0 aliphatic carbocycles. The molecule has 162 valence electrons. The molecular weight excluding hydrogens is 424 g/mol. The fraction of sp³-hybridized carbons (Fsp3) is 0.185. The van der Waals surface area contributed by atoms with E-state index in [4.69, 9.17) is 20.8 Å². The van der Waals surface area contributed by atoms with Crippen molar-refractivity contribution in [1.29, 1.82) is 0 Å². The van der Waals surface area contributed by atoms with Gasteiger partial charge in [-0.2, -0.15) is 0 Å². The molecule has 0 fully saturated rings. The standard InChI is InChI=1S/C27H23ClO4/c1-16-22-14-13-21(31-25(29)18-5-9-19(10-6-18)27(2,3)4)15-23(22)32-26(30)24(16)17-7-11-20(28)12-8-17/h5-15H,1-4H3. The zero-order chi connectivity index (χ0) is 23.0. The normalized spacial score (nSPS) is 11.5. The van der Waals surface area contributed by atoms with Crippen LogP contribution in [0.25, 0.3) is 22.1 Å². The third kappa shape index (κ3) is 4.32. The van der Waals surface area contributed by atoms with Crippen LogP contribution in [0.3, 0.4) is 0 Å². The average Bonchev–Trinajstić information content (AvgIpc) is 2.74. The molecule has 0 saturated carbocycles. The number of esters is 1. The van der Waals surface area contributed by atoms with Gasteiger partial charge in [0.15, 0.2) is 0 Å². The molecule has 0 aliphatic rings. The van der Waals surface area contributed by atoms with Gasteiger partial charge < -0.3 is 9.15 Å². The van der Waals surface area contributed by atoms with Crippen LogP contribution in [0.15, 0.2) is 75.9 Å². The molecule has 0 amide bonds. The highest BCUT2D eigenvalue weighted by molar-refractivity contribution is 6.30. The molecule has 5 heteroatoms. The Morgan fingerprint density at radius 1 is 0.938 bits per heavy atom. The summed E-state index contributed by atoms with van der Waals surface area (Å²) in [5.74, 6) is -0.161. The van der Waals surface area contributed by atoms with Crippen molar-refractivity contribution in [1.82, 2.24) is 0 Å². The van der Waals surface area contributed by atoms with E-state index in [1.165, 1.54) is 0 Å². The second-order valence-electron chi connectivity index (χ2n) is 8.77. The molecule has 0 spiro atoms. The molecule has 0 bridgehead atoms. The first-order chi connectivity index (χ1) is 15.1. The van der Waals surface area contributed by atoms with Crippen molar-refractivity contribution in [2.24, 2.45) is 0 Å². The zero-order valence-electron chi connectivity index (χ0n) is 18.4. The highest BCUT2D eigenvalue weighted by Crippen LogP contribution is 2.30. The minimum atomic E-state index is -0.471. The molecule has 0 aliphatic heterocycles. The lowest BCUT2D eigenvalue weighted by Gasteiger charge is -2.18. The number of halogens is 1. The van der Waals surface area contributed by atoms with Crippen molar-refractivity contribution in [3.63, 3.8) is 0 Å². The largest absolute Gasteiger partial charge is 0.423 e. The van der Waals surface area contributed by atoms with E-state index in [1.807, 2.05) is 19.1 Å². The number of rotatable bonds is 3. The molecule has 32 heavy (non-hydrogen) atoms. The number of carbonyl (C=O) groups is 1. The summed E-state index contributed by atoms with van der Waals surface area (Å²) in [7, 11) is 0. The maximum atomic E-state index is 12.7. The van der Waals surface area contributed by atoms with Crippen LogP contribution in [-0.2, 0) is 5.41 Å². The maximum Gasteiger partial charge on any atom is 0.344 e. The number of carbonyl (C=O) groups excluding carboxylic acids is 1. The van der Waals surface area contributed by atoms with E-state index in [9.17, 15) is 9.59 Å². The smallest absolute Gasteiger partial charge is 0.344 e. The summed E-state index contributed by atoms with van der Waals surface area (Å²) in [6, 6.07) is 19.5. The maximum absolute atomic E-state index is 12.7. The Labute approximate surface area is 191 Å². The van der Waals surface area contributed by atoms with E-state index in [-0.39, 0.29) is 5.41 Å². The molecule has 3 aromatic carbocycles. The Balaban J connectivity index is 1.64. The molecule has 0 N–H and O–H groups in total. The van der Waals surface area contributed by atoms with Gasteiger partial charge in [-0.3, -0.25) is 0 Å². The van der Waals surface area contributed by atoms with Gasteiger partial charge in [0, 0.05) is 16.5 Å². The van der Waals surface area contributed by atoms with Crippen LogP contribution in [0.5, 0.6) is 5.75 Å². The number of aryl methyl sites for hydroxylation is 1. The van der Waals surface area contributed by atoms with Gasteiger partial charge in [-0.1, -0.05) is 56.6 Å². The highest BCUT2D eigenvalue weighted by atomic mass is 35.5. The highest BCUT2D eigenvalue weighted by Gasteiger charge is 2.17. The molecule has 4 rings (SSSR count). The van der Waals surface area contributed by atoms with Crippen molar-refractivity contribution in [2.45, 2.75) is 33.1 Å². The fourth-order valence-corrected chi connectivity index (χ4v) is 3.75. The predicted molar refractivity (Wildman–Crippen MR) is 128 cm³/mol. The molecule has 1 aromatic heterocycles. The summed E-state index contributed by atoms with van der Waals surface area (Å²) in [6.45, 7) is 8.21. The number of benzene rings is 3. The SMILES string of the molecule is Cc1c(-c2ccc(Cl)cc2)c(=O)oc2cc(OC(=O)c3ccc(C(C)(C)C)cc3)ccc12. The first-order valence-electron chi connectivity index (χ1n) is 10.3. The van der Waals surface area contributed by atoms with Gasteiger partial charge in [-0.25, -0.2) is 9.59 Å². The van der Waals surface area contributed by atoms with E-state index in [0.29, 0.717) is 27.5 Å². The lowest BCUT2D eigenvalue weighted by atomic mass is 9.87. The quantitative estimate of drug-likeness (QED) is 0.194. The average molecular weight is 447 g/mol. The molecule has 4 nitrogen and oxygen atoms in total. The van der Waals surface area contributed by atoms with Gasteiger partial charge in [-0.05, 0) is 65.4 Å². The van der Waals surface area contributed by atoms with Crippen LogP contribution in [0, 0.1) is 6.92 Å². The monoisotopic (exact) mass is 446 g/mol. The van der Waals surface area contributed by atoms with Gasteiger partial charge in [0.2, 0.25) is 0 Å². The molecule has 0 radical (unpaired) electrons. The summed E-state index contributed by atoms with van der Waals surface area (Å²) >= 11 is 5.96. The molecule has 4 aromatic rings. The van der Waals surface area contributed by atoms with E-state index >= 15 is 0 Å². The van der Waals surface area contributed by atoms with Crippen LogP contribution < -0.4 is 10.4 Å². The van der Waals surface area contributed by atoms with Crippen LogP contribution >= 0.6 is 11.6 Å². The van der Waals surface area contributed by atoms with Crippen LogP contribution in [-0.4, -0.2) is 5.97 Å². The number of hydrogen-bond acceptors (Lipinski definition) is 4. The van der Waals surface area contributed by atoms with Gasteiger partial charge in [0.1, 0.15) is 11.3 Å². The van der Waals surface area contributed by atoms with Crippen LogP contribution in [0.2, 0.25) is 5.02 Å². The van der Waals surface area contributed by atoms with Crippen molar-refractivity contribution in [3.8, 4) is 16.9 Å². The number of hydrogen-bond donors (Lipinski definition) is 0. The Morgan fingerprint density at radius 3 is 2.22 bits per heavy atom. The summed E-state index contributed by atoms with van der Waals surface area (Å²) in [6.07, 6.45) is 0. The Morgan fingerprint density at radius 2 is 1.59 bits per heavy atom. The predicted octanol–water partition coefficient (Wildman–Crippen LogP) is 6.94. The minimum absolute atomic E-state index is 0.00104. The van der Waals surface area contributed by atoms with E-state index in [2.05, 4.69) is 20.8 Å². The van der Waals surface area contributed by atoms with Gasteiger partial charge >= 0.3 is 11.6 Å². The molecule has 0 saturated heterocycles. The summed E-state index contributed by atoms with van der Waals surface area (Å²) in [5.41, 5.74) is 3.49. The van der Waals surface area contributed by atoms with Gasteiger partial charge in [0.05, 0.1) is 11.1 Å². The Bertz CT molecular complexity index is 1360. The molecular formula is C27H23ClO4. The summed E-state index contributed by atoms with van der Waals surface area (Å²) in [4.78, 5) is 25.3. The Hall–Kier alpha value is -3.37. The number of ether oxygens (including phenoxy) is 1. The zero-order valence-corrected chi connectivity index (χ0v) is 19.1. The topological polar surface area (TPSA) is 56.5 Å². The van der Waals surface area contributed by atoms with Gasteiger partial charge in [-0.15, -0.1) is 0 Å². The second-order valence-corrected chi connectivity index (χ2v) is 9.21. The van der Waals surface area contributed by atoms with E-state index in [1.54, 1.807) is 54.6 Å².